The second kappa shape index (κ2) is 14.3. The second-order valence-electron chi connectivity index (χ2n) is 7.19. The van der Waals surface area contributed by atoms with Gasteiger partial charge >= 0.3 is 75.5 Å². The molecule has 0 saturated heterocycles. The minimum absolute atomic E-state index is 0. The van der Waals surface area contributed by atoms with Crippen molar-refractivity contribution in [1.82, 2.24) is 0 Å². The average molecular weight is 625 g/mol. The molecule has 14 nitrogen and oxygen atoms in total. The Bertz CT molecular complexity index is 1410. The molecule has 0 spiro atoms. The third-order valence-corrected chi connectivity index (χ3v) is 6.96. The zero-order chi connectivity index (χ0) is 28.5. The smallest absolute Gasteiger partial charge is 0.545 e. The average Bonchev–Trinajstić information content (AvgIpc) is 2.65. The summed E-state index contributed by atoms with van der Waals surface area (Å²) in [4.78, 5) is 41.8. The first-order valence-electron chi connectivity index (χ1n) is 9.23. The number of carbonyl (C=O) groups excluding carboxylic acids is 4. The molecule has 2 aromatic rings. The third-order valence-electron chi connectivity index (χ3n) is 5.00. The van der Waals surface area contributed by atoms with E-state index in [1.54, 1.807) is 0 Å². The second-order valence-corrected chi connectivity index (χ2v) is 9.97. The standard InChI is InChI=1S/2C10H10O7S.2Ca/c2*1-4-6(9(11)12)3-7(18(15,16)17)5(2)8(4)10(13)14;;/h2*3H,1-2H3,(H,11,12)(H,13,14)(H,15,16,17);;/q;;2*+2/p-4. The monoisotopic (exact) mass is 624 g/mol. The van der Waals surface area contributed by atoms with Gasteiger partial charge in [-0.05, 0) is 62.1 Å². The quantitative estimate of drug-likeness (QED) is 0.228. The molecule has 0 saturated carbocycles. The van der Waals surface area contributed by atoms with Gasteiger partial charge in [0.2, 0.25) is 0 Å². The Morgan fingerprint density at radius 3 is 0.947 bits per heavy atom. The number of carboxylic acids is 4. The van der Waals surface area contributed by atoms with Crippen LogP contribution in [-0.2, 0) is 20.2 Å². The van der Waals surface area contributed by atoms with Crippen molar-refractivity contribution in [1.29, 1.82) is 0 Å². The van der Waals surface area contributed by atoms with Gasteiger partial charge in [0.15, 0.2) is 0 Å². The summed E-state index contributed by atoms with van der Waals surface area (Å²) in [5.41, 5.74) is -3.42. The summed E-state index contributed by atoms with van der Waals surface area (Å²) >= 11 is 0. The number of aromatic carboxylic acids is 4. The molecule has 0 atom stereocenters. The fourth-order valence-electron chi connectivity index (χ4n) is 3.35. The van der Waals surface area contributed by atoms with Crippen LogP contribution in [0.25, 0.3) is 0 Å². The summed E-state index contributed by atoms with van der Waals surface area (Å²) in [6, 6.07) is 1.31. The van der Waals surface area contributed by atoms with Crippen LogP contribution in [0.3, 0.4) is 0 Å². The first kappa shape index (κ1) is 38.8. The largest absolute Gasteiger partial charge is 2.00 e. The number of benzene rings is 2. The molecule has 0 aromatic heterocycles. The molecule has 38 heavy (non-hydrogen) atoms. The van der Waals surface area contributed by atoms with Crippen LogP contribution in [0.4, 0.5) is 0 Å². The summed E-state index contributed by atoms with van der Waals surface area (Å²) in [7, 11) is -9.49. The zero-order valence-corrected chi connectivity index (χ0v) is 26.2. The van der Waals surface area contributed by atoms with Gasteiger partial charge in [0.05, 0.1) is 33.7 Å². The Kier molecular flexibility index (Phi) is 14.6. The van der Waals surface area contributed by atoms with Gasteiger partial charge in [-0.25, -0.2) is 0 Å². The molecule has 2 aromatic carbocycles. The minimum atomic E-state index is -4.74. The fraction of sp³-hybridized carbons (Fsp3) is 0.200. The van der Waals surface area contributed by atoms with E-state index in [0.29, 0.717) is 12.1 Å². The maximum atomic E-state index is 11.0. The Balaban J connectivity index is 0. The molecular formula is C20H16Ca2O14S2. The molecule has 0 aliphatic heterocycles. The topological polar surface area (TPSA) is 269 Å². The van der Waals surface area contributed by atoms with Gasteiger partial charge in [-0.1, -0.05) is 0 Å². The van der Waals surface area contributed by atoms with Crippen molar-refractivity contribution in [2.45, 2.75) is 37.5 Å². The van der Waals surface area contributed by atoms with Crippen LogP contribution in [-0.4, -0.2) is 125 Å². The molecule has 0 aliphatic rings. The first-order valence-corrected chi connectivity index (χ1v) is 12.1. The van der Waals surface area contributed by atoms with Gasteiger partial charge in [-0.15, -0.1) is 0 Å². The molecule has 0 amide bonds. The van der Waals surface area contributed by atoms with Gasteiger partial charge < -0.3 is 39.6 Å². The van der Waals surface area contributed by atoms with Gasteiger partial charge in [0.25, 0.3) is 20.2 Å². The molecule has 2 rings (SSSR count). The number of hydrogen-bond acceptors (Lipinski definition) is 12. The normalized spacial score (nSPS) is 10.7. The molecule has 0 heterocycles. The van der Waals surface area contributed by atoms with E-state index in [2.05, 4.69) is 0 Å². The van der Waals surface area contributed by atoms with Gasteiger partial charge in [-0.3, -0.25) is 9.11 Å². The molecule has 0 unspecified atom stereocenters. The van der Waals surface area contributed by atoms with E-state index in [9.17, 15) is 56.4 Å². The Labute approximate surface area is 276 Å². The van der Waals surface area contributed by atoms with Crippen LogP contribution >= 0.6 is 0 Å². The van der Waals surface area contributed by atoms with Crippen LogP contribution in [0.2, 0.25) is 0 Å². The number of rotatable bonds is 6. The van der Waals surface area contributed by atoms with Crippen molar-refractivity contribution in [2.24, 2.45) is 0 Å². The predicted molar refractivity (Wildman–Crippen MR) is 120 cm³/mol. The first-order chi connectivity index (χ1) is 16.1. The third kappa shape index (κ3) is 8.84. The molecule has 0 radical (unpaired) electrons. The van der Waals surface area contributed by atoms with E-state index in [1.165, 1.54) is 13.8 Å². The summed E-state index contributed by atoms with van der Waals surface area (Å²) in [5, 5.41) is 43.4. The molecule has 196 valence electrons. The summed E-state index contributed by atoms with van der Waals surface area (Å²) < 4.78 is 62.0. The SMILES string of the molecule is Cc1c(C(=O)[O-])cc(S(=O)(=O)O)c(C)c1C(=O)[O-].Cc1c(C(=O)[O-])cc(S(=O)(=O)O)c(C)c1C(=O)[O-].[Ca+2].[Ca+2]. The van der Waals surface area contributed by atoms with E-state index >= 15 is 0 Å². The van der Waals surface area contributed by atoms with Crippen molar-refractivity contribution in [3.63, 3.8) is 0 Å². The molecule has 18 heteroatoms. The Morgan fingerprint density at radius 1 is 0.553 bits per heavy atom. The van der Waals surface area contributed by atoms with Gasteiger partial charge in [0, 0.05) is 22.3 Å². The zero-order valence-electron chi connectivity index (χ0n) is 20.2. The molecule has 0 fully saturated rings. The van der Waals surface area contributed by atoms with Crippen LogP contribution in [0.15, 0.2) is 21.9 Å². The van der Waals surface area contributed by atoms with Crippen LogP contribution in [0.1, 0.15) is 63.7 Å². The van der Waals surface area contributed by atoms with Crippen molar-refractivity contribution < 1.29 is 65.5 Å². The molecular weight excluding hydrogens is 608 g/mol. The van der Waals surface area contributed by atoms with E-state index in [1.807, 2.05) is 0 Å². The fourth-order valence-corrected chi connectivity index (χ4v) is 4.86. The van der Waals surface area contributed by atoms with E-state index < -0.39 is 76.2 Å². The van der Waals surface area contributed by atoms with Crippen LogP contribution < -0.4 is 20.4 Å². The maximum absolute atomic E-state index is 11.0. The summed E-state index contributed by atoms with van der Waals surface area (Å²) in [5.74, 6) is -6.98. The Morgan fingerprint density at radius 2 is 0.789 bits per heavy atom. The van der Waals surface area contributed by atoms with Crippen molar-refractivity contribution in [3.05, 3.63) is 56.6 Å². The molecule has 2 N–H and O–H groups in total. The number of hydrogen-bond donors (Lipinski definition) is 2. The van der Waals surface area contributed by atoms with Crippen LogP contribution in [0.5, 0.6) is 0 Å². The van der Waals surface area contributed by atoms with Crippen molar-refractivity contribution >= 4 is 120 Å². The maximum Gasteiger partial charge on any atom is 2.00 e. The van der Waals surface area contributed by atoms with Gasteiger partial charge in [0.1, 0.15) is 0 Å². The van der Waals surface area contributed by atoms with E-state index in [-0.39, 0.29) is 97.7 Å². The summed E-state index contributed by atoms with van der Waals surface area (Å²) in [6.45, 7) is 4.61. The van der Waals surface area contributed by atoms with E-state index in [0.717, 1.165) is 13.8 Å². The minimum Gasteiger partial charge on any atom is -0.545 e. The predicted octanol–water partition coefficient (Wildman–Crippen LogP) is -4.21. The van der Waals surface area contributed by atoms with Crippen LogP contribution in [0, 0.1) is 27.7 Å². The van der Waals surface area contributed by atoms with Crippen molar-refractivity contribution in [2.75, 3.05) is 0 Å². The number of carboxylic acid groups (broad SMARTS) is 4. The number of carbonyl (C=O) groups is 4. The molecule has 0 bridgehead atoms. The molecule has 0 aliphatic carbocycles. The van der Waals surface area contributed by atoms with Gasteiger partial charge in [-0.2, -0.15) is 16.8 Å². The van der Waals surface area contributed by atoms with Crippen molar-refractivity contribution in [3.8, 4) is 0 Å². The summed E-state index contributed by atoms with van der Waals surface area (Å²) in [6.07, 6.45) is 0. The Hall–Kier alpha value is -1.34. The van der Waals surface area contributed by atoms with E-state index in [4.69, 9.17) is 9.11 Å².